The van der Waals surface area contributed by atoms with Crippen molar-refractivity contribution in [3.8, 4) is 0 Å². The van der Waals surface area contributed by atoms with Gasteiger partial charge in [0.05, 0.1) is 19.4 Å². The van der Waals surface area contributed by atoms with E-state index in [2.05, 4.69) is 11.4 Å². The lowest BCUT2D eigenvalue weighted by Gasteiger charge is -2.24. The summed E-state index contributed by atoms with van der Waals surface area (Å²) in [6, 6.07) is 12.8. The average Bonchev–Trinajstić information content (AvgIpc) is 3.24. The molecule has 1 aromatic carbocycles. The first kappa shape index (κ1) is 16.7. The smallest absolute Gasteiger partial charge is 0.174 e. The highest BCUT2D eigenvalue weighted by atomic mass is 32.1. The molecule has 3 nitrogen and oxygen atoms in total. The van der Waals surface area contributed by atoms with Crippen molar-refractivity contribution >= 4 is 34.4 Å². The summed E-state index contributed by atoms with van der Waals surface area (Å²) < 4.78 is 19.2. The Morgan fingerprint density at radius 1 is 1.25 bits per heavy atom. The molecule has 0 radical (unpaired) electrons. The Balaban J connectivity index is 1.75. The standard InChI is InChI=1S/C18H17FN2OS2/c1-13-6-7-14(10-17(13)19)20-18(23)21(11-15-4-2-8-22-15)12-16-5-3-9-24-16/h2-10H,11-12H2,1H3,(H,20,23). The average molecular weight is 360 g/mol. The SMILES string of the molecule is Cc1ccc(NC(=S)N(Cc2ccco2)Cc2cccs2)cc1F. The number of thiocarbonyl (C=S) groups is 1. The van der Waals surface area contributed by atoms with E-state index in [0.717, 1.165) is 5.76 Å². The summed E-state index contributed by atoms with van der Waals surface area (Å²) in [6.45, 7) is 2.95. The van der Waals surface area contributed by atoms with Crippen LogP contribution >= 0.6 is 23.6 Å². The molecule has 0 fully saturated rings. The topological polar surface area (TPSA) is 28.4 Å². The normalized spacial score (nSPS) is 10.6. The Hall–Kier alpha value is -2.18. The van der Waals surface area contributed by atoms with E-state index in [1.165, 1.54) is 10.9 Å². The molecule has 3 aromatic rings. The van der Waals surface area contributed by atoms with Crippen molar-refractivity contribution in [3.05, 3.63) is 76.1 Å². The number of furan rings is 1. The second kappa shape index (κ2) is 7.59. The number of hydrogen-bond donors (Lipinski definition) is 1. The molecule has 0 saturated carbocycles. The van der Waals surface area contributed by atoms with Crippen molar-refractivity contribution in [2.45, 2.75) is 20.0 Å². The van der Waals surface area contributed by atoms with Crippen LogP contribution in [0.15, 0.2) is 58.5 Å². The van der Waals surface area contributed by atoms with E-state index in [1.54, 1.807) is 30.6 Å². The van der Waals surface area contributed by atoms with Crippen molar-refractivity contribution in [2.24, 2.45) is 0 Å². The van der Waals surface area contributed by atoms with Crippen LogP contribution in [0, 0.1) is 12.7 Å². The molecule has 0 aliphatic heterocycles. The Kier molecular flexibility index (Phi) is 5.27. The maximum absolute atomic E-state index is 13.7. The lowest BCUT2D eigenvalue weighted by Crippen LogP contribution is -2.33. The fourth-order valence-corrected chi connectivity index (χ4v) is 3.22. The molecule has 0 spiro atoms. The van der Waals surface area contributed by atoms with E-state index in [-0.39, 0.29) is 5.82 Å². The number of aryl methyl sites for hydroxylation is 1. The number of nitrogens with zero attached hydrogens (tertiary/aromatic N) is 1. The van der Waals surface area contributed by atoms with Gasteiger partial charge in [0.1, 0.15) is 11.6 Å². The second-order valence-corrected chi connectivity index (χ2v) is 6.83. The van der Waals surface area contributed by atoms with Crippen molar-refractivity contribution < 1.29 is 8.81 Å². The van der Waals surface area contributed by atoms with E-state index in [1.807, 2.05) is 34.5 Å². The van der Waals surface area contributed by atoms with Gasteiger partial charge in [-0.3, -0.25) is 0 Å². The third kappa shape index (κ3) is 4.21. The molecular formula is C18H17FN2OS2. The van der Waals surface area contributed by atoms with Gasteiger partial charge >= 0.3 is 0 Å². The van der Waals surface area contributed by atoms with Gasteiger partial charge in [-0.1, -0.05) is 12.1 Å². The van der Waals surface area contributed by atoms with Crippen molar-refractivity contribution in [1.29, 1.82) is 0 Å². The summed E-state index contributed by atoms with van der Waals surface area (Å²) >= 11 is 7.21. The van der Waals surface area contributed by atoms with Gasteiger partial charge in [0.25, 0.3) is 0 Å². The molecule has 2 aromatic heterocycles. The minimum atomic E-state index is -0.251. The van der Waals surface area contributed by atoms with Gasteiger partial charge in [0.2, 0.25) is 0 Å². The van der Waals surface area contributed by atoms with E-state index >= 15 is 0 Å². The van der Waals surface area contributed by atoms with Crippen LogP contribution < -0.4 is 5.32 Å². The highest BCUT2D eigenvalue weighted by Gasteiger charge is 2.14. The van der Waals surface area contributed by atoms with Gasteiger partial charge < -0.3 is 14.6 Å². The van der Waals surface area contributed by atoms with E-state index in [4.69, 9.17) is 16.6 Å². The van der Waals surface area contributed by atoms with E-state index < -0.39 is 0 Å². The maximum Gasteiger partial charge on any atom is 0.174 e. The summed E-state index contributed by atoms with van der Waals surface area (Å²) in [4.78, 5) is 3.19. The van der Waals surface area contributed by atoms with Crippen LogP contribution in [0.25, 0.3) is 0 Å². The van der Waals surface area contributed by atoms with E-state index in [0.29, 0.717) is 29.5 Å². The summed E-state index contributed by atoms with van der Waals surface area (Å²) in [5.74, 6) is 0.574. The predicted octanol–water partition coefficient (Wildman–Crippen LogP) is 5.19. The fraction of sp³-hybridized carbons (Fsp3) is 0.167. The predicted molar refractivity (Wildman–Crippen MR) is 99.6 cm³/mol. The molecular weight excluding hydrogens is 343 g/mol. The number of halogens is 1. The highest BCUT2D eigenvalue weighted by molar-refractivity contribution is 7.80. The lowest BCUT2D eigenvalue weighted by atomic mass is 10.2. The number of hydrogen-bond acceptors (Lipinski definition) is 3. The quantitative estimate of drug-likeness (QED) is 0.634. The van der Waals surface area contributed by atoms with E-state index in [9.17, 15) is 4.39 Å². The van der Waals surface area contributed by atoms with Crippen molar-refractivity contribution in [3.63, 3.8) is 0 Å². The largest absolute Gasteiger partial charge is 0.467 e. The Labute approximate surface area is 149 Å². The molecule has 2 heterocycles. The Bertz CT molecular complexity index is 764. The molecule has 0 atom stereocenters. The maximum atomic E-state index is 13.7. The summed E-state index contributed by atoms with van der Waals surface area (Å²) in [7, 11) is 0. The molecule has 0 bridgehead atoms. The van der Waals surface area contributed by atoms with Crippen molar-refractivity contribution in [1.82, 2.24) is 4.90 Å². The first-order chi connectivity index (χ1) is 11.6. The van der Waals surface area contributed by atoms with Crippen LogP contribution in [0.4, 0.5) is 10.1 Å². The third-order valence-corrected chi connectivity index (χ3v) is 4.79. The Morgan fingerprint density at radius 2 is 2.12 bits per heavy atom. The lowest BCUT2D eigenvalue weighted by molar-refractivity contribution is 0.362. The molecule has 24 heavy (non-hydrogen) atoms. The van der Waals surface area contributed by atoms with Crippen LogP contribution in [0.3, 0.4) is 0 Å². The van der Waals surface area contributed by atoms with Gasteiger partial charge in [-0.25, -0.2) is 4.39 Å². The minimum Gasteiger partial charge on any atom is -0.467 e. The van der Waals surface area contributed by atoms with Crippen LogP contribution in [0.5, 0.6) is 0 Å². The molecule has 0 aliphatic carbocycles. The Morgan fingerprint density at radius 3 is 2.79 bits per heavy atom. The van der Waals surface area contributed by atoms with Gasteiger partial charge in [0, 0.05) is 10.6 Å². The van der Waals surface area contributed by atoms with Crippen LogP contribution in [0.1, 0.15) is 16.2 Å². The summed E-state index contributed by atoms with van der Waals surface area (Å²) in [6.07, 6.45) is 1.64. The zero-order valence-electron chi connectivity index (χ0n) is 13.2. The number of nitrogens with one attached hydrogen (secondary N) is 1. The van der Waals surface area contributed by atoms with Crippen LogP contribution in [-0.4, -0.2) is 10.0 Å². The molecule has 6 heteroatoms. The molecule has 0 saturated heterocycles. The third-order valence-electron chi connectivity index (χ3n) is 3.56. The molecule has 3 rings (SSSR count). The van der Waals surface area contributed by atoms with Crippen LogP contribution in [0.2, 0.25) is 0 Å². The zero-order chi connectivity index (χ0) is 16.9. The number of benzene rings is 1. The first-order valence-electron chi connectivity index (χ1n) is 7.48. The summed E-state index contributed by atoms with van der Waals surface area (Å²) in [5.41, 5.74) is 1.25. The van der Waals surface area contributed by atoms with Gasteiger partial charge in [-0.15, -0.1) is 11.3 Å². The number of rotatable bonds is 5. The minimum absolute atomic E-state index is 0.251. The van der Waals surface area contributed by atoms with Crippen molar-refractivity contribution in [2.75, 3.05) is 5.32 Å². The molecule has 0 unspecified atom stereocenters. The first-order valence-corrected chi connectivity index (χ1v) is 8.77. The molecule has 0 amide bonds. The highest BCUT2D eigenvalue weighted by Crippen LogP contribution is 2.18. The van der Waals surface area contributed by atoms with Crippen LogP contribution in [-0.2, 0) is 13.1 Å². The van der Waals surface area contributed by atoms with Gasteiger partial charge in [-0.2, -0.15) is 0 Å². The fourth-order valence-electron chi connectivity index (χ4n) is 2.25. The molecule has 124 valence electrons. The number of thiophene rings is 1. The molecule has 0 aliphatic rings. The molecule has 1 N–H and O–H groups in total. The monoisotopic (exact) mass is 360 g/mol. The zero-order valence-corrected chi connectivity index (χ0v) is 14.8. The second-order valence-electron chi connectivity index (χ2n) is 5.41. The summed E-state index contributed by atoms with van der Waals surface area (Å²) in [5, 5.41) is 5.68. The number of anilines is 1. The van der Waals surface area contributed by atoms with Gasteiger partial charge in [-0.05, 0) is 60.4 Å². The van der Waals surface area contributed by atoms with Gasteiger partial charge in [0.15, 0.2) is 5.11 Å².